The average Bonchev–Trinajstić information content (AvgIpc) is 2.30. The molecule has 0 fully saturated rings. The predicted octanol–water partition coefficient (Wildman–Crippen LogP) is 2.67. The number of hydrogen-bond acceptors (Lipinski definition) is 3. The van der Waals surface area contributed by atoms with E-state index >= 15 is 0 Å². The van der Waals surface area contributed by atoms with Gasteiger partial charge in [-0.05, 0) is 42.5 Å². The molecule has 0 aliphatic heterocycles. The molecule has 0 aliphatic rings. The van der Waals surface area contributed by atoms with Crippen molar-refractivity contribution in [2.75, 3.05) is 7.11 Å². The van der Waals surface area contributed by atoms with E-state index in [0.29, 0.717) is 0 Å². The number of nitrogens with two attached hydrogens (primary N) is 1. The van der Waals surface area contributed by atoms with Gasteiger partial charge in [0.2, 0.25) is 0 Å². The number of rotatable bonds is 5. The molecule has 0 aliphatic carbocycles. The Hall–Kier alpha value is -1.55. The van der Waals surface area contributed by atoms with Crippen molar-refractivity contribution in [2.24, 2.45) is 17.6 Å². The Morgan fingerprint density at radius 3 is 2.26 bits per heavy atom. The summed E-state index contributed by atoms with van der Waals surface area (Å²) in [5, 5.41) is 9.33. The van der Waals surface area contributed by atoms with Crippen LogP contribution in [0.5, 0.6) is 5.75 Å². The summed E-state index contributed by atoms with van der Waals surface area (Å²) in [5.74, 6) is -0.666. The normalized spacial score (nSPS) is 14.3. The van der Waals surface area contributed by atoms with E-state index in [4.69, 9.17) is 10.5 Å². The van der Waals surface area contributed by atoms with Gasteiger partial charge >= 0.3 is 5.97 Å². The van der Waals surface area contributed by atoms with Crippen LogP contribution < -0.4 is 10.5 Å². The number of hydrogen-bond donors (Lipinski definition) is 2. The molecule has 0 bridgehead atoms. The van der Waals surface area contributed by atoms with Crippen molar-refractivity contribution < 1.29 is 14.6 Å². The van der Waals surface area contributed by atoms with Gasteiger partial charge in [0.15, 0.2) is 0 Å². The first-order valence-electron chi connectivity index (χ1n) is 6.43. The number of benzene rings is 1. The number of aryl methyl sites for hydroxylation is 2. The molecule has 106 valence electrons. The minimum Gasteiger partial charge on any atom is -0.496 e. The fourth-order valence-electron chi connectivity index (χ4n) is 2.44. The summed E-state index contributed by atoms with van der Waals surface area (Å²) in [6.07, 6.45) is 0. The number of carboxylic acids is 1. The third-order valence-electron chi connectivity index (χ3n) is 3.53. The Bertz CT molecular complexity index is 469. The molecule has 0 radical (unpaired) electrons. The molecular formula is C15H23NO3. The summed E-state index contributed by atoms with van der Waals surface area (Å²) >= 11 is 0. The number of methoxy groups -OCH3 is 1. The molecule has 0 saturated carbocycles. The number of ether oxygens (including phenoxy) is 1. The lowest BCUT2D eigenvalue weighted by Crippen LogP contribution is -2.32. The lowest BCUT2D eigenvalue weighted by molar-refractivity contribution is -0.144. The largest absolute Gasteiger partial charge is 0.496 e. The summed E-state index contributed by atoms with van der Waals surface area (Å²) < 4.78 is 5.26. The van der Waals surface area contributed by atoms with E-state index in [-0.39, 0.29) is 5.92 Å². The molecule has 1 aromatic rings. The lowest BCUT2D eigenvalue weighted by Gasteiger charge is -2.25. The van der Waals surface area contributed by atoms with Crippen molar-refractivity contribution >= 4 is 5.97 Å². The van der Waals surface area contributed by atoms with E-state index in [0.717, 1.165) is 22.4 Å². The summed E-state index contributed by atoms with van der Waals surface area (Å²) in [6, 6.07) is 3.32. The van der Waals surface area contributed by atoms with Gasteiger partial charge in [0.25, 0.3) is 0 Å². The first-order valence-corrected chi connectivity index (χ1v) is 6.43. The van der Waals surface area contributed by atoms with Crippen LogP contribution >= 0.6 is 0 Å². The summed E-state index contributed by atoms with van der Waals surface area (Å²) in [5.41, 5.74) is 8.98. The molecular weight excluding hydrogens is 242 g/mol. The first kappa shape index (κ1) is 15.5. The van der Waals surface area contributed by atoms with Crippen LogP contribution in [0.3, 0.4) is 0 Å². The molecule has 0 aromatic heterocycles. The second-order valence-electron chi connectivity index (χ2n) is 5.31. The van der Waals surface area contributed by atoms with Crippen molar-refractivity contribution in [3.05, 3.63) is 28.8 Å². The van der Waals surface area contributed by atoms with E-state index in [1.165, 1.54) is 0 Å². The van der Waals surface area contributed by atoms with Crippen molar-refractivity contribution in [2.45, 2.75) is 33.7 Å². The summed E-state index contributed by atoms with van der Waals surface area (Å²) in [6.45, 7) is 7.62. The molecule has 0 saturated heterocycles. The summed E-state index contributed by atoms with van der Waals surface area (Å²) in [7, 11) is 1.62. The molecule has 0 amide bonds. The highest BCUT2D eigenvalue weighted by Crippen LogP contribution is 2.32. The van der Waals surface area contributed by atoms with Gasteiger partial charge in [0.05, 0.1) is 13.0 Å². The molecule has 1 aromatic carbocycles. The predicted molar refractivity (Wildman–Crippen MR) is 75.4 cm³/mol. The SMILES string of the molecule is COc1cc(C)c(C(N)C(C(=O)O)C(C)C)cc1C. The number of aliphatic carboxylic acids is 1. The van der Waals surface area contributed by atoms with E-state index < -0.39 is 17.9 Å². The third-order valence-corrected chi connectivity index (χ3v) is 3.53. The highest BCUT2D eigenvalue weighted by atomic mass is 16.5. The van der Waals surface area contributed by atoms with Crippen LogP contribution in [-0.2, 0) is 4.79 Å². The zero-order valence-corrected chi connectivity index (χ0v) is 12.2. The third kappa shape index (κ3) is 3.26. The monoisotopic (exact) mass is 265 g/mol. The fourth-order valence-corrected chi connectivity index (χ4v) is 2.44. The molecule has 3 N–H and O–H groups in total. The Morgan fingerprint density at radius 1 is 1.26 bits per heavy atom. The topological polar surface area (TPSA) is 72.5 Å². The molecule has 0 heterocycles. The summed E-state index contributed by atoms with van der Waals surface area (Å²) in [4.78, 5) is 11.4. The molecule has 1 rings (SSSR count). The van der Waals surface area contributed by atoms with Gasteiger partial charge in [-0.2, -0.15) is 0 Å². The Balaban J connectivity index is 3.22. The smallest absolute Gasteiger partial charge is 0.308 e. The van der Waals surface area contributed by atoms with Gasteiger partial charge < -0.3 is 15.6 Å². The van der Waals surface area contributed by atoms with Crippen LogP contribution in [0.1, 0.15) is 36.6 Å². The second-order valence-corrected chi connectivity index (χ2v) is 5.31. The maximum atomic E-state index is 11.4. The highest BCUT2D eigenvalue weighted by Gasteiger charge is 2.30. The van der Waals surface area contributed by atoms with E-state index in [1.807, 2.05) is 39.8 Å². The number of carbonyl (C=O) groups is 1. The maximum absolute atomic E-state index is 11.4. The van der Waals surface area contributed by atoms with Gasteiger partial charge in [0, 0.05) is 6.04 Å². The van der Waals surface area contributed by atoms with Crippen molar-refractivity contribution in [1.29, 1.82) is 0 Å². The lowest BCUT2D eigenvalue weighted by atomic mass is 9.83. The zero-order chi connectivity index (χ0) is 14.7. The van der Waals surface area contributed by atoms with E-state index in [1.54, 1.807) is 7.11 Å². The van der Waals surface area contributed by atoms with Crippen molar-refractivity contribution in [1.82, 2.24) is 0 Å². The fraction of sp³-hybridized carbons (Fsp3) is 0.533. The van der Waals surface area contributed by atoms with Crippen molar-refractivity contribution in [3.8, 4) is 5.75 Å². The Labute approximate surface area is 114 Å². The molecule has 19 heavy (non-hydrogen) atoms. The van der Waals surface area contributed by atoms with Crippen molar-refractivity contribution in [3.63, 3.8) is 0 Å². The quantitative estimate of drug-likeness (QED) is 0.858. The average molecular weight is 265 g/mol. The van der Waals surface area contributed by atoms with Gasteiger partial charge in [-0.1, -0.05) is 19.9 Å². The van der Waals surface area contributed by atoms with Crippen LogP contribution in [0.15, 0.2) is 12.1 Å². The molecule has 4 heteroatoms. The zero-order valence-electron chi connectivity index (χ0n) is 12.2. The van der Waals surface area contributed by atoms with Crippen LogP contribution in [0.2, 0.25) is 0 Å². The minimum absolute atomic E-state index is 0.0192. The van der Waals surface area contributed by atoms with Gasteiger partial charge in [0.1, 0.15) is 5.75 Å². The minimum atomic E-state index is -0.852. The van der Waals surface area contributed by atoms with Crippen LogP contribution in [0.4, 0.5) is 0 Å². The molecule has 0 spiro atoms. The number of carboxylic acid groups (broad SMARTS) is 1. The maximum Gasteiger partial charge on any atom is 0.308 e. The molecule has 2 atom stereocenters. The second kappa shape index (κ2) is 6.06. The first-order chi connectivity index (χ1) is 8.79. The van der Waals surface area contributed by atoms with Gasteiger partial charge in [-0.15, -0.1) is 0 Å². The Morgan fingerprint density at radius 2 is 1.84 bits per heavy atom. The highest BCUT2D eigenvalue weighted by molar-refractivity contribution is 5.71. The van der Waals surface area contributed by atoms with Gasteiger partial charge in [-0.3, -0.25) is 4.79 Å². The van der Waals surface area contributed by atoms with Crippen LogP contribution in [0, 0.1) is 25.7 Å². The molecule has 4 nitrogen and oxygen atoms in total. The Kier molecular flexibility index (Phi) is 4.95. The van der Waals surface area contributed by atoms with Crippen LogP contribution in [-0.4, -0.2) is 18.2 Å². The van der Waals surface area contributed by atoms with E-state index in [9.17, 15) is 9.90 Å². The van der Waals surface area contributed by atoms with Gasteiger partial charge in [-0.25, -0.2) is 0 Å². The van der Waals surface area contributed by atoms with E-state index in [2.05, 4.69) is 0 Å². The van der Waals surface area contributed by atoms with Crippen LogP contribution in [0.25, 0.3) is 0 Å². The molecule has 2 unspecified atom stereocenters. The standard InChI is InChI=1S/C15H23NO3/c1-8(2)13(15(17)18)14(16)11-6-10(4)12(19-5)7-9(11)3/h6-8,13-14H,16H2,1-5H3,(H,17,18).